The number of carbonyl (C=O) groups excluding carboxylic acids is 1. The zero-order valence-electron chi connectivity index (χ0n) is 12.7. The molecule has 2 heterocycles. The Labute approximate surface area is 135 Å². The van der Waals surface area contributed by atoms with Crippen LogP contribution in [0.1, 0.15) is 5.56 Å². The molecule has 1 saturated heterocycles. The molecule has 0 atom stereocenters. The lowest BCUT2D eigenvalue weighted by atomic mass is 10.2. The maximum absolute atomic E-state index is 12.4. The van der Waals surface area contributed by atoms with E-state index in [2.05, 4.69) is 27.5 Å². The summed E-state index contributed by atoms with van der Waals surface area (Å²) < 4.78 is 0. The third kappa shape index (κ3) is 2.82. The molecule has 9 nitrogen and oxygen atoms in total. The number of hydrogen-bond donors (Lipinski definition) is 4. The monoisotopic (exact) mass is 326 g/mol. The molecule has 2 aromatic rings. The Hall–Kier alpha value is -3.62. The lowest BCUT2D eigenvalue weighted by molar-refractivity contribution is -0.112. The maximum Gasteiger partial charge on any atom is 0.325 e. The number of H-pyrrole nitrogens is 2. The van der Waals surface area contributed by atoms with Crippen molar-refractivity contribution in [3.8, 4) is 0 Å². The van der Waals surface area contributed by atoms with Crippen molar-refractivity contribution >= 4 is 23.0 Å². The molecule has 0 aliphatic carbocycles. The minimum Gasteiger partial charge on any atom is -0.312 e. The molecule has 3 rings (SSSR count). The van der Waals surface area contributed by atoms with Crippen molar-refractivity contribution in [3.63, 3.8) is 0 Å². The highest BCUT2D eigenvalue weighted by Crippen LogP contribution is 2.19. The summed E-state index contributed by atoms with van der Waals surface area (Å²) in [4.78, 5) is 39.4. The van der Waals surface area contributed by atoms with E-state index in [1.165, 1.54) is 11.2 Å². The highest BCUT2D eigenvalue weighted by Gasteiger charge is 2.32. The quantitative estimate of drug-likeness (QED) is 0.600. The van der Waals surface area contributed by atoms with Crippen molar-refractivity contribution < 1.29 is 4.79 Å². The second kappa shape index (κ2) is 5.88. The smallest absolute Gasteiger partial charge is 0.312 e. The van der Waals surface area contributed by atoms with Gasteiger partial charge in [-0.3, -0.25) is 25.4 Å². The molecule has 4 N–H and O–H groups in total. The molecule has 24 heavy (non-hydrogen) atoms. The molecule has 1 aromatic carbocycles. The van der Waals surface area contributed by atoms with Gasteiger partial charge in [0.2, 0.25) is 0 Å². The number of benzene rings is 1. The summed E-state index contributed by atoms with van der Waals surface area (Å²) in [5.74, 6) is -0.419. The summed E-state index contributed by atoms with van der Waals surface area (Å²) in [5.41, 5.74) is 6.01. The summed E-state index contributed by atoms with van der Waals surface area (Å²) in [7, 11) is 0. The van der Waals surface area contributed by atoms with Crippen LogP contribution < -0.4 is 27.1 Å². The van der Waals surface area contributed by atoms with Gasteiger partial charge in [0.15, 0.2) is 5.71 Å². The Morgan fingerprint density at radius 2 is 1.88 bits per heavy atom. The first-order valence-electron chi connectivity index (χ1n) is 6.98. The molecule has 9 heteroatoms. The molecule has 122 valence electrons. The van der Waals surface area contributed by atoms with Crippen molar-refractivity contribution in [2.45, 2.75) is 6.92 Å². The van der Waals surface area contributed by atoms with Gasteiger partial charge in [-0.25, -0.2) is 9.80 Å². The highest BCUT2D eigenvalue weighted by atomic mass is 16.2. The molecule has 1 fully saturated rings. The summed E-state index contributed by atoms with van der Waals surface area (Å²) in [6.45, 7) is 5.68. The first kappa shape index (κ1) is 15.3. The topological polar surface area (TPSA) is 122 Å². The van der Waals surface area contributed by atoms with Crippen LogP contribution in [-0.4, -0.2) is 21.6 Å². The number of rotatable bonds is 3. The normalized spacial score (nSPS) is 15.7. The SMILES string of the molecule is C=C1NN(c2ccc(C)cc2)C(=O)/C1=N\Nc1c[nH]c(=O)[nH]c1=O. The molecular weight excluding hydrogens is 312 g/mol. The standard InChI is InChI=1S/C15H14N6O3/c1-8-3-5-10(6-4-8)21-14(23)12(9(2)20-21)19-18-11-7-16-15(24)17-13(11)22/h3-7,18,20H,2H2,1H3,(H2,16,17,22,24)/b19-12-. The zero-order valence-corrected chi connectivity index (χ0v) is 12.7. The van der Waals surface area contributed by atoms with Crippen LogP contribution in [0.25, 0.3) is 0 Å². The average molecular weight is 326 g/mol. The van der Waals surface area contributed by atoms with Gasteiger partial charge in [0.1, 0.15) is 5.69 Å². The van der Waals surface area contributed by atoms with Crippen molar-refractivity contribution in [2.24, 2.45) is 5.10 Å². The number of carbonyl (C=O) groups is 1. The van der Waals surface area contributed by atoms with E-state index in [1.807, 2.05) is 24.0 Å². The Morgan fingerprint density at radius 3 is 2.54 bits per heavy atom. The molecule has 1 aliphatic heterocycles. The highest BCUT2D eigenvalue weighted by molar-refractivity contribution is 6.51. The van der Waals surface area contributed by atoms with Crippen LogP contribution in [0.3, 0.4) is 0 Å². The van der Waals surface area contributed by atoms with E-state index in [0.29, 0.717) is 5.69 Å². The molecule has 1 amide bonds. The fourth-order valence-electron chi connectivity index (χ4n) is 2.07. The van der Waals surface area contributed by atoms with E-state index in [4.69, 9.17) is 0 Å². The second-order valence-electron chi connectivity index (χ2n) is 5.12. The van der Waals surface area contributed by atoms with Crippen LogP contribution in [0, 0.1) is 6.92 Å². The van der Waals surface area contributed by atoms with Gasteiger partial charge in [-0.05, 0) is 19.1 Å². The number of amides is 1. The fourth-order valence-corrected chi connectivity index (χ4v) is 2.07. The van der Waals surface area contributed by atoms with Crippen LogP contribution in [0.5, 0.6) is 0 Å². The second-order valence-corrected chi connectivity index (χ2v) is 5.12. The zero-order chi connectivity index (χ0) is 17.3. The van der Waals surface area contributed by atoms with E-state index in [1.54, 1.807) is 12.1 Å². The first-order valence-corrected chi connectivity index (χ1v) is 6.98. The molecule has 1 aromatic heterocycles. The van der Waals surface area contributed by atoms with Crippen LogP contribution in [0.4, 0.5) is 11.4 Å². The van der Waals surface area contributed by atoms with E-state index >= 15 is 0 Å². The number of hydrogen-bond acceptors (Lipinski definition) is 6. The first-order chi connectivity index (χ1) is 11.5. The van der Waals surface area contributed by atoms with Crippen molar-refractivity contribution in [1.29, 1.82) is 0 Å². The Bertz CT molecular complexity index is 954. The minimum atomic E-state index is -0.650. The lowest BCUT2D eigenvalue weighted by Gasteiger charge is -2.15. The Balaban J connectivity index is 1.84. The largest absolute Gasteiger partial charge is 0.325 e. The molecule has 0 bridgehead atoms. The van der Waals surface area contributed by atoms with Gasteiger partial charge in [-0.1, -0.05) is 24.3 Å². The predicted molar refractivity (Wildman–Crippen MR) is 89.7 cm³/mol. The van der Waals surface area contributed by atoms with Crippen molar-refractivity contribution in [2.75, 3.05) is 10.4 Å². The summed E-state index contributed by atoms with van der Waals surface area (Å²) in [6.07, 6.45) is 1.17. The Morgan fingerprint density at radius 1 is 1.17 bits per heavy atom. The predicted octanol–water partition coefficient (Wildman–Crippen LogP) is 0.205. The van der Waals surface area contributed by atoms with Crippen LogP contribution in [-0.2, 0) is 4.79 Å². The molecule has 0 radical (unpaired) electrons. The number of nitrogens with zero attached hydrogens (tertiary/aromatic N) is 2. The third-order valence-corrected chi connectivity index (χ3v) is 3.34. The number of nitrogens with one attached hydrogen (secondary N) is 4. The lowest BCUT2D eigenvalue weighted by Crippen LogP contribution is -2.34. The average Bonchev–Trinajstić information content (AvgIpc) is 2.82. The number of hydrazone groups is 1. The van der Waals surface area contributed by atoms with Gasteiger partial charge in [0, 0.05) is 6.20 Å². The maximum atomic E-state index is 12.4. The van der Waals surface area contributed by atoms with Gasteiger partial charge in [-0.15, -0.1) is 0 Å². The minimum absolute atomic E-state index is 0.00325. The molecule has 0 saturated carbocycles. The fraction of sp³-hybridized carbons (Fsp3) is 0.0667. The van der Waals surface area contributed by atoms with E-state index < -0.39 is 17.2 Å². The van der Waals surface area contributed by atoms with Gasteiger partial charge in [0.25, 0.3) is 11.5 Å². The van der Waals surface area contributed by atoms with Crippen LogP contribution in [0.2, 0.25) is 0 Å². The number of aromatic amines is 2. The van der Waals surface area contributed by atoms with Gasteiger partial charge in [-0.2, -0.15) is 5.10 Å². The third-order valence-electron chi connectivity index (χ3n) is 3.34. The van der Waals surface area contributed by atoms with E-state index in [-0.39, 0.29) is 17.1 Å². The number of aromatic nitrogens is 2. The number of hydrazine groups is 1. The number of aryl methyl sites for hydroxylation is 1. The van der Waals surface area contributed by atoms with Gasteiger partial charge >= 0.3 is 5.69 Å². The number of anilines is 2. The van der Waals surface area contributed by atoms with Crippen molar-refractivity contribution in [1.82, 2.24) is 15.4 Å². The van der Waals surface area contributed by atoms with Crippen LogP contribution in [0.15, 0.2) is 57.4 Å². The van der Waals surface area contributed by atoms with Crippen molar-refractivity contribution in [3.05, 3.63) is 69.1 Å². The molecule has 0 unspecified atom stereocenters. The van der Waals surface area contributed by atoms with E-state index in [0.717, 1.165) is 5.56 Å². The molecular formula is C15H14N6O3. The molecule has 0 spiro atoms. The summed E-state index contributed by atoms with van der Waals surface area (Å²) in [6, 6.07) is 7.33. The van der Waals surface area contributed by atoms with Gasteiger partial charge in [0.05, 0.1) is 11.4 Å². The summed E-state index contributed by atoms with van der Waals surface area (Å²) >= 11 is 0. The van der Waals surface area contributed by atoms with E-state index in [9.17, 15) is 14.4 Å². The molecule has 1 aliphatic rings. The van der Waals surface area contributed by atoms with Crippen LogP contribution >= 0.6 is 0 Å². The Kier molecular flexibility index (Phi) is 3.74. The van der Waals surface area contributed by atoms with Gasteiger partial charge < -0.3 is 4.98 Å². The summed E-state index contributed by atoms with van der Waals surface area (Å²) in [5, 5.41) is 5.22.